The fourth-order valence-electron chi connectivity index (χ4n) is 5.33. The van der Waals surface area contributed by atoms with E-state index in [2.05, 4.69) is 31.2 Å². The van der Waals surface area contributed by atoms with Crippen molar-refractivity contribution in [3.8, 4) is 0 Å². The van der Waals surface area contributed by atoms with Crippen LogP contribution < -0.4 is 0 Å². The average molecular weight is 402 g/mol. The molecule has 7 heteroatoms. The minimum atomic E-state index is 0.0131. The molecule has 2 amide bonds. The van der Waals surface area contributed by atoms with Gasteiger partial charge in [-0.2, -0.15) is 0 Å². The zero-order valence-corrected chi connectivity index (χ0v) is 17.8. The van der Waals surface area contributed by atoms with Gasteiger partial charge in [0.15, 0.2) is 0 Å². The Hall–Kier alpha value is -1.89. The van der Waals surface area contributed by atoms with Crippen LogP contribution in [0.25, 0.3) is 0 Å². The smallest absolute Gasteiger partial charge is 0.239 e. The van der Waals surface area contributed by atoms with Crippen molar-refractivity contribution < 1.29 is 9.59 Å². The van der Waals surface area contributed by atoms with Gasteiger partial charge < -0.3 is 14.4 Å². The summed E-state index contributed by atoms with van der Waals surface area (Å²) >= 11 is 0. The first-order valence-electron chi connectivity index (χ1n) is 11.3. The fraction of sp³-hybridized carbons (Fsp3) is 0.773. The van der Waals surface area contributed by atoms with Crippen molar-refractivity contribution in [1.29, 1.82) is 0 Å². The molecule has 3 fully saturated rings. The van der Waals surface area contributed by atoms with E-state index in [0.717, 1.165) is 71.5 Å². The number of carbonyl (C=O) groups excluding carboxylic acids is 2. The van der Waals surface area contributed by atoms with E-state index >= 15 is 0 Å². The number of aromatic nitrogens is 2. The Bertz CT molecular complexity index is 690. The molecule has 1 aromatic rings. The van der Waals surface area contributed by atoms with Gasteiger partial charge in [0.25, 0.3) is 0 Å². The normalized spacial score (nSPS) is 23.7. The van der Waals surface area contributed by atoms with Crippen molar-refractivity contribution in [2.24, 2.45) is 5.41 Å². The van der Waals surface area contributed by atoms with Crippen LogP contribution in [-0.4, -0.2) is 81.4 Å². The van der Waals surface area contributed by atoms with Crippen molar-refractivity contribution in [2.45, 2.75) is 64.5 Å². The molecule has 1 spiro atoms. The third-order valence-electron chi connectivity index (χ3n) is 7.33. The van der Waals surface area contributed by atoms with Gasteiger partial charge in [0, 0.05) is 51.5 Å². The molecule has 4 heterocycles. The molecule has 29 heavy (non-hydrogen) atoms. The Balaban J connectivity index is 1.27. The average Bonchev–Trinajstić information content (AvgIpc) is 3.44. The second-order valence-electron chi connectivity index (χ2n) is 9.21. The number of rotatable bonds is 6. The summed E-state index contributed by atoms with van der Waals surface area (Å²) in [5.74, 6) is 0.591. The Morgan fingerprint density at radius 3 is 2.59 bits per heavy atom. The zero-order valence-electron chi connectivity index (χ0n) is 17.8. The topological polar surface area (TPSA) is 61.7 Å². The summed E-state index contributed by atoms with van der Waals surface area (Å²) in [7, 11) is 0. The van der Waals surface area contributed by atoms with Crippen LogP contribution in [0.4, 0.5) is 0 Å². The van der Waals surface area contributed by atoms with Gasteiger partial charge in [0.05, 0.1) is 12.4 Å². The van der Waals surface area contributed by atoms with E-state index in [1.807, 2.05) is 12.5 Å². The molecule has 160 valence electrons. The summed E-state index contributed by atoms with van der Waals surface area (Å²) in [6.45, 7) is 8.43. The molecular weight excluding hydrogens is 366 g/mol. The third-order valence-corrected chi connectivity index (χ3v) is 7.33. The van der Waals surface area contributed by atoms with Crippen LogP contribution in [0, 0.1) is 5.41 Å². The summed E-state index contributed by atoms with van der Waals surface area (Å²) < 4.78 is 2.07. The van der Waals surface area contributed by atoms with Crippen molar-refractivity contribution in [1.82, 2.24) is 24.3 Å². The summed E-state index contributed by atoms with van der Waals surface area (Å²) in [4.78, 5) is 36.0. The first kappa shape index (κ1) is 20.4. The minimum absolute atomic E-state index is 0.0131. The molecule has 0 radical (unpaired) electrons. The lowest BCUT2D eigenvalue weighted by atomic mass is 9.72. The van der Waals surface area contributed by atoms with E-state index in [1.165, 1.54) is 12.8 Å². The maximum Gasteiger partial charge on any atom is 0.239 e. The van der Waals surface area contributed by atoms with Crippen LogP contribution in [-0.2, 0) is 16.1 Å². The van der Waals surface area contributed by atoms with E-state index < -0.39 is 0 Å². The summed E-state index contributed by atoms with van der Waals surface area (Å²) in [5.41, 5.74) is 0.205. The molecule has 7 nitrogen and oxygen atoms in total. The first-order chi connectivity index (χ1) is 14.1. The maximum absolute atomic E-state index is 12.9. The van der Waals surface area contributed by atoms with Gasteiger partial charge in [-0.25, -0.2) is 4.98 Å². The summed E-state index contributed by atoms with van der Waals surface area (Å²) in [6.07, 6.45) is 12.7. The van der Waals surface area contributed by atoms with Gasteiger partial charge in [-0.15, -0.1) is 0 Å². The van der Waals surface area contributed by atoms with Gasteiger partial charge in [0.2, 0.25) is 11.8 Å². The van der Waals surface area contributed by atoms with Crippen LogP contribution in [0.15, 0.2) is 18.7 Å². The number of likely N-dealkylation sites (tertiary alicyclic amines) is 3. The number of hydrogen-bond acceptors (Lipinski definition) is 4. The fourth-order valence-corrected chi connectivity index (χ4v) is 5.33. The number of nitrogens with zero attached hydrogens (tertiary/aromatic N) is 5. The van der Waals surface area contributed by atoms with E-state index in [4.69, 9.17) is 0 Å². The van der Waals surface area contributed by atoms with E-state index in [-0.39, 0.29) is 11.5 Å². The van der Waals surface area contributed by atoms with Crippen LogP contribution in [0.1, 0.15) is 51.9 Å². The highest BCUT2D eigenvalue weighted by Gasteiger charge is 2.42. The van der Waals surface area contributed by atoms with Gasteiger partial charge >= 0.3 is 0 Å². The zero-order chi connectivity index (χ0) is 20.3. The number of aryl methyl sites for hydroxylation is 1. The summed E-state index contributed by atoms with van der Waals surface area (Å²) in [6, 6.07) is 0.0131. The molecule has 0 aliphatic carbocycles. The van der Waals surface area contributed by atoms with Crippen LogP contribution in [0.5, 0.6) is 0 Å². The molecule has 3 saturated heterocycles. The molecule has 1 aromatic heterocycles. The Labute approximate surface area is 174 Å². The highest BCUT2D eigenvalue weighted by molar-refractivity contribution is 5.81. The summed E-state index contributed by atoms with van der Waals surface area (Å²) in [5, 5.41) is 0. The second-order valence-corrected chi connectivity index (χ2v) is 9.21. The molecule has 0 aromatic carbocycles. The van der Waals surface area contributed by atoms with E-state index in [9.17, 15) is 9.59 Å². The Kier molecular flexibility index (Phi) is 6.23. The molecule has 0 N–H and O–H groups in total. The number of piperidine rings is 2. The van der Waals surface area contributed by atoms with Crippen LogP contribution in [0.2, 0.25) is 0 Å². The van der Waals surface area contributed by atoms with Gasteiger partial charge in [-0.1, -0.05) is 0 Å². The lowest BCUT2D eigenvalue weighted by Crippen LogP contribution is -2.54. The largest absolute Gasteiger partial charge is 0.342 e. The van der Waals surface area contributed by atoms with Gasteiger partial charge in [-0.05, 0) is 64.0 Å². The highest BCUT2D eigenvalue weighted by atomic mass is 16.2. The van der Waals surface area contributed by atoms with Crippen LogP contribution >= 0.6 is 0 Å². The van der Waals surface area contributed by atoms with Gasteiger partial charge in [-0.3, -0.25) is 14.5 Å². The molecule has 3 aliphatic heterocycles. The third kappa shape index (κ3) is 4.65. The molecule has 3 aliphatic rings. The number of imidazole rings is 1. The van der Waals surface area contributed by atoms with Crippen molar-refractivity contribution in [3.63, 3.8) is 0 Å². The van der Waals surface area contributed by atoms with Crippen LogP contribution in [0.3, 0.4) is 0 Å². The Morgan fingerprint density at radius 1 is 1.14 bits per heavy atom. The molecule has 4 rings (SSSR count). The minimum Gasteiger partial charge on any atom is -0.342 e. The number of hydrogen-bond donors (Lipinski definition) is 0. The lowest BCUT2D eigenvalue weighted by Gasteiger charge is -2.48. The van der Waals surface area contributed by atoms with Crippen molar-refractivity contribution in [2.75, 3.05) is 39.3 Å². The van der Waals surface area contributed by atoms with E-state index in [1.54, 1.807) is 6.20 Å². The first-order valence-corrected chi connectivity index (χ1v) is 11.3. The standard InChI is InChI=1S/C22H35N5O2/c1-19(25-11-2-3-12-25)21(29)26-14-7-22(8-15-26)6-5-20(28)27(17-22)13-4-10-24-16-9-23-18-24/h9,16,18-19H,2-8,10-15,17H2,1H3. The molecular formula is C22H35N5O2. The number of amides is 2. The predicted octanol–water partition coefficient (Wildman–Crippen LogP) is 1.99. The maximum atomic E-state index is 12.9. The lowest BCUT2D eigenvalue weighted by molar-refractivity contribution is -0.144. The molecule has 0 saturated carbocycles. The molecule has 1 unspecified atom stereocenters. The number of carbonyl (C=O) groups is 2. The monoisotopic (exact) mass is 401 g/mol. The Morgan fingerprint density at radius 2 is 1.90 bits per heavy atom. The van der Waals surface area contributed by atoms with Crippen molar-refractivity contribution >= 4 is 11.8 Å². The van der Waals surface area contributed by atoms with Crippen molar-refractivity contribution in [3.05, 3.63) is 18.7 Å². The molecule has 0 bridgehead atoms. The van der Waals surface area contributed by atoms with E-state index in [0.29, 0.717) is 18.2 Å². The quantitative estimate of drug-likeness (QED) is 0.731. The second kappa shape index (κ2) is 8.86. The van der Waals surface area contributed by atoms with Gasteiger partial charge in [0.1, 0.15) is 0 Å². The molecule has 1 atom stereocenters. The highest BCUT2D eigenvalue weighted by Crippen LogP contribution is 2.40. The predicted molar refractivity (Wildman–Crippen MR) is 111 cm³/mol. The SMILES string of the molecule is CC(C(=O)N1CCC2(CCC(=O)N(CCCn3ccnc3)C2)CC1)N1CCCC1.